The number of amides is 4. The molecule has 6 N–H and O–H groups in total. The van der Waals surface area contributed by atoms with Gasteiger partial charge in [0.15, 0.2) is 0 Å². The Hall–Kier alpha value is -4.45. The van der Waals surface area contributed by atoms with Crippen LogP contribution in [0.2, 0.25) is 0 Å². The normalized spacial score (nSPS) is 11.3. The molecule has 0 aliphatic carbocycles. The van der Waals surface area contributed by atoms with Crippen molar-refractivity contribution < 1.29 is 62.7 Å². The molecule has 0 aromatic heterocycles. The molecule has 304 valence electrons. The molecule has 0 fully saturated rings. The minimum atomic E-state index is -1.21. The maximum absolute atomic E-state index is 12.2. The van der Waals surface area contributed by atoms with Crippen molar-refractivity contribution in [3.63, 3.8) is 0 Å². The molecular weight excluding hydrogens is 708 g/mol. The standard InChI is InChI=1S/C37H58N4O13/c42-26-30-13-11-29(12-14-30)25-40-35(46)28-54-24-22-52-20-18-39-34(45)27-53-23-21-51-19-17-38-32(43)16-15-31(37(49)50)41-33(44)9-7-5-3-1-2-4-6-8-10-36(47)48/h11-14,26,31H,1-10,15-25,27-28H2,(H,38,43)(H,39,45)(H,40,46)(H,41,44)(H,47,48)(H,49,50)/t31-/m0/s1. The quantitative estimate of drug-likeness (QED) is 0.0427. The summed E-state index contributed by atoms with van der Waals surface area (Å²) in [6.45, 7) is 1.75. The SMILES string of the molecule is O=Cc1ccc(CNC(=O)COCCOCCNC(=O)COCCOCCNC(=O)CC[C@H](NC(=O)CCCCCCCCCCC(=O)O)C(=O)O)cc1. The first-order valence-electron chi connectivity index (χ1n) is 18.5. The van der Waals surface area contributed by atoms with Gasteiger partial charge in [-0.3, -0.25) is 28.8 Å². The second-order valence-electron chi connectivity index (χ2n) is 12.4. The van der Waals surface area contributed by atoms with Crippen molar-refractivity contribution in [1.82, 2.24) is 21.3 Å². The minimum Gasteiger partial charge on any atom is -0.481 e. The number of unbranched alkanes of at least 4 members (excludes halogenated alkanes) is 7. The van der Waals surface area contributed by atoms with E-state index in [2.05, 4.69) is 21.3 Å². The van der Waals surface area contributed by atoms with E-state index in [9.17, 15) is 38.7 Å². The van der Waals surface area contributed by atoms with Gasteiger partial charge in [-0.05, 0) is 24.8 Å². The summed E-state index contributed by atoms with van der Waals surface area (Å²) in [5, 5.41) is 28.5. The first kappa shape index (κ1) is 47.6. The lowest BCUT2D eigenvalue weighted by Gasteiger charge is -2.14. The Morgan fingerprint density at radius 2 is 1.07 bits per heavy atom. The van der Waals surface area contributed by atoms with Gasteiger partial charge in [-0.1, -0.05) is 62.8 Å². The Balaban J connectivity index is 1.93. The lowest BCUT2D eigenvalue weighted by Crippen LogP contribution is -2.41. The average molecular weight is 767 g/mol. The van der Waals surface area contributed by atoms with Crippen LogP contribution in [0.25, 0.3) is 0 Å². The summed E-state index contributed by atoms with van der Waals surface area (Å²) in [5.41, 5.74) is 1.42. The minimum absolute atomic E-state index is 0.0463. The highest BCUT2D eigenvalue weighted by molar-refractivity contribution is 5.84. The van der Waals surface area contributed by atoms with Gasteiger partial charge in [-0.25, -0.2) is 4.79 Å². The number of hydrogen-bond acceptors (Lipinski definition) is 11. The van der Waals surface area contributed by atoms with Crippen LogP contribution in [0.15, 0.2) is 24.3 Å². The molecule has 1 aromatic rings. The molecule has 0 saturated carbocycles. The lowest BCUT2D eigenvalue weighted by atomic mass is 10.1. The van der Waals surface area contributed by atoms with E-state index in [1.807, 2.05) is 0 Å². The van der Waals surface area contributed by atoms with Crippen LogP contribution >= 0.6 is 0 Å². The van der Waals surface area contributed by atoms with Crippen molar-refractivity contribution in [3.8, 4) is 0 Å². The maximum Gasteiger partial charge on any atom is 0.326 e. The number of hydrogen-bond donors (Lipinski definition) is 6. The molecule has 1 rings (SSSR count). The average Bonchev–Trinajstić information content (AvgIpc) is 3.15. The highest BCUT2D eigenvalue weighted by Gasteiger charge is 2.20. The second-order valence-corrected chi connectivity index (χ2v) is 12.4. The van der Waals surface area contributed by atoms with Crippen molar-refractivity contribution >= 4 is 41.9 Å². The van der Waals surface area contributed by atoms with Crippen LogP contribution < -0.4 is 21.3 Å². The van der Waals surface area contributed by atoms with Gasteiger partial charge < -0.3 is 50.4 Å². The fraction of sp³-hybridized carbons (Fsp3) is 0.649. The zero-order valence-electron chi connectivity index (χ0n) is 31.1. The zero-order valence-corrected chi connectivity index (χ0v) is 31.1. The molecule has 0 bridgehead atoms. The molecular formula is C37H58N4O13. The van der Waals surface area contributed by atoms with Gasteiger partial charge >= 0.3 is 11.9 Å². The van der Waals surface area contributed by atoms with Gasteiger partial charge in [0, 0.05) is 44.5 Å². The van der Waals surface area contributed by atoms with E-state index in [-0.39, 0.29) is 115 Å². The molecule has 17 nitrogen and oxygen atoms in total. The summed E-state index contributed by atoms with van der Waals surface area (Å²) in [4.78, 5) is 80.8. The molecule has 0 heterocycles. The van der Waals surface area contributed by atoms with Crippen molar-refractivity contribution in [2.75, 3.05) is 65.9 Å². The van der Waals surface area contributed by atoms with Crippen LogP contribution in [0.3, 0.4) is 0 Å². The Bertz CT molecular complexity index is 1250. The summed E-state index contributed by atoms with van der Waals surface area (Å²) in [6.07, 6.45) is 8.06. The maximum atomic E-state index is 12.2. The lowest BCUT2D eigenvalue weighted by molar-refractivity contribution is -0.142. The van der Waals surface area contributed by atoms with E-state index in [0.717, 1.165) is 50.4 Å². The van der Waals surface area contributed by atoms with Crippen molar-refractivity contribution in [2.24, 2.45) is 0 Å². The van der Waals surface area contributed by atoms with Crippen LogP contribution in [-0.4, -0.2) is 124 Å². The van der Waals surface area contributed by atoms with E-state index in [0.29, 0.717) is 24.9 Å². The molecule has 4 amide bonds. The van der Waals surface area contributed by atoms with Crippen LogP contribution in [0, 0.1) is 0 Å². The number of rotatable bonds is 35. The van der Waals surface area contributed by atoms with E-state index in [4.69, 9.17) is 24.1 Å². The molecule has 0 unspecified atom stereocenters. The predicted molar refractivity (Wildman–Crippen MR) is 196 cm³/mol. The summed E-state index contributed by atoms with van der Waals surface area (Å²) in [5.74, 6) is -3.32. The van der Waals surface area contributed by atoms with Gasteiger partial charge in [0.1, 0.15) is 25.5 Å². The first-order valence-corrected chi connectivity index (χ1v) is 18.5. The topological polar surface area (TPSA) is 245 Å². The van der Waals surface area contributed by atoms with Crippen LogP contribution in [-0.2, 0) is 54.3 Å². The molecule has 1 atom stereocenters. The first-order chi connectivity index (χ1) is 26.1. The van der Waals surface area contributed by atoms with E-state index in [1.54, 1.807) is 24.3 Å². The van der Waals surface area contributed by atoms with E-state index >= 15 is 0 Å². The number of nitrogens with one attached hydrogen (secondary N) is 4. The molecule has 0 aliphatic rings. The predicted octanol–water partition coefficient (Wildman–Crippen LogP) is 1.75. The smallest absolute Gasteiger partial charge is 0.326 e. The number of aldehydes is 1. The summed E-state index contributed by atoms with van der Waals surface area (Å²) in [7, 11) is 0. The Morgan fingerprint density at radius 1 is 0.574 bits per heavy atom. The molecule has 54 heavy (non-hydrogen) atoms. The number of ether oxygens (including phenoxy) is 4. The summed E-state index contributed by atoms with van der Waals surface area (Å²) < 4.78 is 21.2. The van der Waals surface area contributed by atoms with E-state index in [1.165, 1.54) is 0 Å². The van der Waals surface area contributed by atoms with Gasteiger partial charge in [0.2, 0.25) is 23.6 Å². The van der Waals surface area contributed by atoms with Crippen LogP contribution in [0.4, 0.5) is 0 Å². The molecule has 0 saturated heterocycles. The molecule has 1 aromatic carbocycles. The van der Waals surface area contributed by atoms with Gasteiger partial charge in [0.25, 0.3) is 0 Å². The monoisotopic (exact) mass is 766 g/mol. The number of carbonyl (C=O) groups is 7. The van der Waals surface area contributed by atoms with Gasteiger partial charge in [-0.2, -0.15) is 0 Å². The number of aliphatic carboxylic acids is 2. The largest absolute Gasteiger partial charge is 0.481 e. The van der Waals surface area contributed by atoms with Crippen LogP contribution in [0.1, 0.15) is 93.0 Å². The fourth-order valence-electron chi connectivity index (χ4n) is 4.82. The molecule has 17 heteroatoms. The molecule has 0 spiro atoms. The molecule has 0 radical (unpaired) electrons. The highest BCUT2D eigenvalue weighted by atomic mass is 16.5. The number of carboxylic acid groups (broad SMARTS) is 2. The summed E-state index contributed by atoms with van der Waals surface area (Å²) in [6, 6.07) is 5.70. The van der Waals surface area contributed by atoms with Crippen molar-refractivity contribution in [2.45, 2.75) is 89.6 Å². The highest BCUT2D eigenvalue weighted by Crippen LogP contribution is 2.11. The number of benzene rings is 1. The number of carbonyl (C=O) groups excluding carboxylic acids is 5. The van der Waals surface area contributed by atoms with E-state index < -0.39 is 18.0 Å². The third-order valence-electron chi connectivity index (χ3n) is 7.79. The summed E-state index contributed by atoms with van der Waals surface area (Å²) >= 11 is 0. The third kappa shape index (κ3) is 28.1. The Morgan fingerprint density at radius 3 is 1.61 bits per heavy atom. The molecule has 0 aliphatic heterocycles. The third-order valence-corrected chi connectivity index (χ3v) is 7.79. The second kappa shape index (κ2) is 32.0. The Labute approximate surface area is 316 Å². The fourth-order valence-corrected chi connectivity index (χ4v) is 4.82. The van der Waals surface area contributed by atoms with Gasteiger partial charge in [-0.15, -0.1) is 0 Å². The van der Waals surface area contributed by atoms with Gasteiger partial charge in [0.05, 0.1) is 39.6 Å². The van der Waals surface area contributed by atoms with Crippen LogP contribution in [0.5, 0.6) is 0 Å². The van der Waals surface area contributed by atoms with Crippen molar-refractivity contribution in [3.05, 3.63) is 35.4 Å². The van der Waals surface area contributed by atoms with Crippen molar-refractivity contribution in [1.29, 1.82) is 0 Å². The zero-order chi connectivity index (χ0) is 39.7. The number of carboxylic acids is 2. The Kier molecular flexibility index (Phi) is 28.2.